The Morgan fingerprint density at radius 2 is 2.09 bits per heavy atom. The van der Waals surface area contributed by atoms with Crippen LogP contribution in [0.2, 0.25) is 0 Å². The van der Waals surface area contributed by atoms with E-state index in [1.807, 2.05) is 30.3 Å². The molecule has 1 aliphatic rings. The van der Waals surface area contributed by atoms with Crippen LogP contribution in [-0.4, -0.2) is 30.1 Å². The Bertz CT molecular complexity index is 603. The van der Waals surface area contributed by atoms with Gasteiger partial charge >= 0.3 is 6.03 Å². The van der Waals surface area contributed by atoms with E-state index in [0.717, 1.165) is 25.1 Å². The maximum absolute atomic E-state index is 12.0. The van der Waals surface area contributed by atoms with Crippen LogP contribution >= 0.6 is 0 Å². The summed E-state index contributed by atoms with van der Waals surface area (Å²) in [5, 5.41) is 5.91. The van der Waals surface area contributed by atoms with Gasteiger partial charge in [0.15, 0.2) is 0 Å². The lowest BCUT2D eigenvalue weighted by atomic mass is 10.2. The third-order valence-electron chi connectivity index (χ3n) is 3.82. The van der Waals surface area contributed by atoms with Gasteiger partial charge in [0.25, 0.3) is 0 Å². The molecule has 0 unspecified atom stereocenters. The fraction of sp³-hybridized carbons (Fsp3) is 0.294. The Kier molecular flexibility index (Phi) is 4.53. The molecule has 1 aromatic heterocycles. The van der Waals surface area contributed by atoms with Gasteiger partial charge in [0.1, 0.15) is 0 Å². The number of amides is 2. The van der Waals surface area contributed by atoms with E-state index in [4.69, 9.17) is 0 Å². The van der Waals surface area contributed by atoms with E-state index < -0.39 is 0 Å². The van der Waals surface area contributed by atoms with Crippen LogP contribution in [0, 0.1) is 0 Å². The Morgan fingerprint density at radius 3 is 2.86 bits per heavy atom. The number of nitrogens with zero attached hydrogens (tertiary/aromatic N) is 2. The average molecular weight is 296 g/mol. The minimum absolute atomic E-state index is 0.122. The second-order valence-corrected chi connectivity index (χ2v) is 5.46. The lowest BCUT2D eigenvalue weighted by Gasteiger charge is -2.19. The van der Waals surface area contributed by atoms with Crippen LogP contribution in [0.25, 0.3) is 0 Å². The highest BCUT2D eigenvalue weighted by Gasteiger charge is 2.23. The van der Waals surface area contributed by atoms with Crippen molar-refractivity contribution in [3.05, 3.63) is 60.4 Å². The Morgan fingerprint density at radius 1 is 1.23 bits per heavy atom. The molecule has 3 rings (SSSR count). The Balaban J connectivity index is 1.45. The van der Waals surface area contributed by atoms with Crippen molar-refractivity contribution < 1.29 is 4.79 Å². The zero-order chi connectivity index (χ0) is 15.2. The van der Waals surface area contributed by atoms with Crippen molar-refractivity contribution >= 4 is 11.7 Å². The van der Waals surface area contributed by atoms with Crippen molar-refractivity contribution in [2.24, 2.45) is 0 Å². The maximum atomic E-state index is 12.0. The Labute approximate surface area is 130 Å². The number of benzene rings is 1. The lowest BCUT2D eigenvalue weighted by Crippen LogP contribution is -2.43. The number of nitrogens with one attached hydrogen (secondary N) is 2. The monoisotopic (exact) mass is 296 g/mol. The fourth-order valence-corrected chi connectivity index (χ4v) is 2.67. The highest BCUT2D eigenvalue weighted by atomic mass is 16.2. The summed E-state index contributed by atoms with van der Waals surface area (Å²) >= 11 is 0. The normalized spacial score (nSPS) is 17.3. The smallest absolute Gasteiger partial charge is 0.315 e. The van der Waals surface area contributed by atoms with Gasteiger partial charge in [0.2, 0.25) is 0 Å². The minimum atomic E-state index is -0.122. The first-order valence-electron chi connectivity index (χ1n) is 7.54. The van der Waals surface area contributed by atoms with E-state index >= 15 is 0 Å². The first kappa shape index (κ1) is 14.4. The largest absolute Gasteiger partial charge is 0.369 e. The number of carbonyl (C=O) groups excluding carboxylic acids is 1. The first-order chi connectivity index (χ1) is 10.8. The van der Waals surface area contributed by atoms with Crippen LogP contribution in [0.3, 0.4) is 0 Å². The molecule has 1 atom stereocenters. The van der Waals surface area contributed by atoms with Gasteiger partial charge in [0.05, 0.1) is 0 Å². The number of pyridine rings is 1. The highest BCUT2D eigenvalue weighted by Crippen LogP contribution is 2.19. The third-order valence-corrected chi connectivity index (χ3v) is 3.82. The molecule has 0 radical (unpaired) electrons. The van der Waals surface area contributed by atoms with Gasteiger partial charge in [-0.2, -0.15) is 0 Å². The lowest BCUT2D eigenvalue weighted by molar-refractivity contribution is 0.237. The molecule has 2 aromatic rings. The second kappa shape index (κ2) is 6.93. The summed E-state index contributed by atoms with van der Waals surface area (Å²) in [7, 11) is 0. The molecule has 1 aliphatic heterocycles. The van der Waals surface area contributed by atoms with Gasteiger partial charge in [-0.25, -0.2) is 4.79 Å². The predicted molar refractivity (Wildman–Crippen MR) is 86.7 cm³/mol. The number of rotatable bonds is 4. The van der Waals surface area contributed by atoms with Crippen LogP contribution < -0.4 is 15.5 Å². The first-order valence-corrected chi connectivity index (χ1v) is 7.54. The van der Waals surface area contributed by atoms with E-state index in [1.54, 1.807) is 12.4 Å². The van der Waals surface area contributed by atoms with Gasteiger partial charge < -0.3 is 15.5 Å². The zero-order valence-electron chi connectivity index (χ0n) is 12.4. The van der Waals surface area contributed by atoms with Crippen molar-refractivity contribution in [3.8, 4) is 0 Å². The number of anilines is 1. The molecule has 0 bridgehead atoms. The molecule has 5 nitrogen and oxygen atoms in total. The third kappa shape index (κ3) is 3.75. The molecular formula is C17H20N4O. The van der Waals surface area contributed by atoms with Gasteiger partial charge in [-0.15, -0.1) is 0 Å². The quantitative estimate of drug-likeness (QED) is 0.909. The minimum Gasteiger partial charge on any atom is -0.369 e. The fourth-order valence-electron chi connectivity index (χ4n) is 2.67. The summed E-state index contributed by atoms with van der Waals surface area (Å²) in [6.45, 7) is 2.32. The molecule has 1 aromatic carbocycles. The number of carbonyl (C=O) groups is 1. The molecule has 0 spiro atoms. The van der Waals surface area contributed by atoms with Crippen molar-refractivity contribution in [2.75, 3.05) is 18.0 Å². The molecule has 1 saturated heterocycles. The molecule has 1 fully saturated rings. The molecule has 2 N–H and O–H groups in total. The van der Waals surface area contributed by atoms with E-state index in [-0.39, 0.29) is 12.1 Å². The van der Waals surface area contributed by atoms with Crippen molar-refractivity contribution in [2.45, 2.75) is 19.0 Å². The van der Waals surface area contributed by atoms with E-state index in [1.165, 1.54) is 5.69 Å². The molecule has 0 saturated carbocycles. The van der Waals surface area contributed by atoms with Crippen molar-refractivity contribution in [1.82, 2.24) is 15.6 Å². The summed E-state index contributed by atoms with van der Waals surface area (Å²) in [5.74, 6) is 0. The maximum Gasteiger partial charge on any atom is 0.315 e. The number of hydrogen-bond acceptors (Lipinski definition) is 3. The molecular weight excluding hydrogens is 276 g/mol. The summed E-state index contributed by atoms with van der Waals surface area (Å²) in [6, 6.07) is 14.2. The molecule has 22 heavy (non-hydrogen) atoms. The summed E-state index contributed by atoms with van der Waals surface area (Å²) < 4.78 is 0. The van der Waals surface area contributed by atoms with Crippen LogP contribution in [0.1, 0.15) is 12.0 Å². The zero-order valence-corrected chi connectivity index (χ0v) is 12.4. The topological polar surface area (TPSA) is 57.3 Å². The van der Waals surface area contributed by atoms with E-state index in [0.29, 0.717) is 6.54 Å². The van der Waals surface area contributed by atoms with Gasteiger partial charge in [-0.05, 0) is 30.2 Å². The van der Waals surface area contributed by atoms with Gasteiger partial charge in [0, 0.05) is 43.8 Å². The summed E-state index contributed by atoms with van der Waals surface area (Å²) in [5.41, 5.74) is 2.21. The van der Waals surface area contributed by atoms with Crippen LogP contribution in [0.5, 0.6) is 0 Å². The second-order valence-electron chi connectivity index (χ2n) is 5.46. The summed E-state index contributed by atoms with van der Waals surface area (Å²) in [6.07, 6.45) is 4.45. The standard InChI is InChI=1S/C17H20N4O/c22-17(19-12-14-5-4-9-18-11-14)20-15-8-10-21(13-15)16-6-2-1-3-7-16/h1-7,9,11,15H,8,10,12-13H2,(H2,19,20,22)/t15-/m0/s1. The SMILES string of the molecule is O=C(NCc1cccnc1)N[C@H]1CCN(c2ccccc2)C1. The van der Waals surface area contributed by atoms with Crippen molar-refractivity contribution in [3.63, 3.8) is 0 Å². The number of para-hydroxylation sites is 1. The van der Waals surface area contributed by atoms with E-state index in [2.05, 4.69) is 32.7 Å². The van der Waals surface area contributed by atoms with Crippen LogP contribution in [-0.2, 0) is 6.54 Å². The number of urea groups is 1. The number of hydrogen-bond donors (Lipinski definition) is 2. The van der Waals surface area contributed by atoms with Crippen LogP contribution in [0.15, 0.2) is 54.9 Å². The van der Waals surface area contributed by atoms with Gasteiger partial charge in [-0.1, -0.05) is 24.3 Å². The Hall–Kier alpha value is -2.56. The summed E-state index contributed by atoms with van der Waals surface area (Å²) in [4.78, 5) is 18.3. The average Bonchev–Trinajstić information content (AvgIpc) is 3.03. The number of aromatic nitrogens is 1. The molecule has 5 heteroatoms. The highest BCUT2D eigenvalue weighted by molar-refractivity contribution is 5.74. The van der Waals surface area contributed by atoms with Crippen LogP contribution in [0.4, 0.5) is 10.5 Å². The molecule has 2 heterocycles. The predicted octanol–water partition coefficient (Wildman–Crippen LogP) is 2.16. The molecule has 0 aliphatic carbocycles. The van der Waals surface area contributed by atoms with Gasteiger partial charge in [-0.3, -0.25) is 4.98 Å². The molecule has 2 amide bonds. The molecule has 114 valence electrons. The van der Waals surface area contributed by atoms with E-state index in [9.17, 15) is 4.79 Å². The van der Waals surface area contributed by atoms with Crippen molar-refractivity contribution in [1.29, 1.82) is 0 Å².